The van der Waals surface area contributed by atoms with E-state index in [4.69, 9.17) is 9.47 Å². The van der Waals surface area contributed by atoms with Crippen LogP contribution in [0.5, 0.6) is 0 Å². The molecule has 8 heteroatoms. The van der Waals surface area contributed by atoms with Crippen molar-refractivity contribution in [1.29, 1.82) is 0 Å². The number of sulfonamides is 1. The van der Waals surface area contributed by atoms with Gasteiger partial charge < -0.3 is 14.0 Å². The molecule has 2 fully saturated rings. The number of fused-ring (bicyclic) bond motifs is 1. The van der Waals surface area contributed by atoms with Gasteiger partial charge >= 0.3 is 0 Å². The molecule has 0 radical (unpaired) electrons. The van der Waals surface area contributed by atoms with E-state index in [9.17, 15) is 8.42 Å². The molecule has 3 rings (SSSR count). The van der Waals surface area contributed by atoms with Gasteiger partial charge in [-0.2, -0.15) is 4.31 Å². The van der Waals surface area contributed by atoms with E-state index in [1.807, 2.05) is 6.92 Å². The third-order valence-electron chi connectivity index (χ3n) is 4.83. The lowest BCUT2D eigenvalue weighted by molar-refractivity contribution is -0.141. The van der Waals surface area contributed by atoms with E-state index in [2.05, 4.69) is 4.98 Å². The normalized spacial score (nSPS) is 29.4. The summed E-state index contributed by atoms with van der Waals surface area (Å²) in [5.74, 6) is 0. The van der Waals surface area contributed by atoms with Gasteiger partial charge in [0.15, 0.2) is 5.03 Å². The lowest BCUT2D eigenvalue weighted by Gasteiger charge is -2.49. The maximum atomic E-state index is 12.9. The molecule has 2 saturated heterocycles. The van der Waals surface area contributed by atoms with Gasteiger partial charge in [-0.1, -0.05) is 0 Å². The van der Waals surface area contributed by atoms with Gasteiger partial charge in [0, 0.05) is 45.0 Å². The molecule has 130 valence electrons. The smallest absolute Gasteiger partial charge is 0.262 e. The number of piperidine rings is 1. The molecule has 0 spiro atoms. The van der Waals surface area contributed by atoms with E-state index in [-0.39, 0.29) is 16.5 Å². The Balaban J connectivity index is 1.85. The molecular formula is C15H25N3O4S. The molecule has 0 aliphatic carbocycles. The zero-order chi connectivity index (χ0) is 16.5. The summed E-state index contributed by atoms with van der Waals surface area (Å²) < 4.78 is 40.5. The van der Waals surface area contributed by atoms with Crippen LogP contribution >= 0.6 is 0 Å². The second-order valence-corrected chi connectivity index (χ2v) is 8.35. The van der Waals surface area contributed by atoms with E-state index in [1.165, 1.54) is 6.33 Å². The van der Waals surface area contributed by atoms with E-state index in [1.54, 1.807) is 22.1 Å². The van der Waals surface area contributed by atoms with Gasteiger partial charge in [0.2, 0.25) is 0 Å². The molecule has 0 amide bonds. The molecule has 1 aromatic rings. The van der Waals surface area contributed by atoms with Crippen molar-refractivity contribution in [2.45, 2.75) is 37.3 Å². The van der Waals surface area contributed by atoms with Crippen molar-refractivity contribution in [3.05, 3.63) is 12.5 Å². The second kappa shape index (κ2) is 6.51. The third-order valence-corrected chi connectivity index (χ3v) is 6.56. The number of aromatic nitrogens is 2. The van der Waals surface area contributed by atoms with Crippen molar-refractivity contribution in [2.24, 2.45) is 12.5 Å². The van der Waals surface area contributed by atoms with Crippen LogP contribution < -0.4 is 0 Å². The molecule has 23 heavy (non-hydrogen) atoms. The molecule has 0 N–H and O–H groups in total. The number of hydrogen-bond acceptors (Lipinski definition) is 5. The summed E-state index contributed by atoms with van der Waals surface area (Å²) in [6.45, 7) is 4.80. The van der Waals surface area contributed by atoms with Gasteiger partial charge in [-0.05, 0) is 26.2 Å². The molecular weight excluding hydrogens is 318 g/mol. The number of ether oxygens (including phenoxy) is 2. The average Bonchev–Trinajstić information content (AvgIpc) is 2.99. The molecule has 3 heterocycles. The van der Waals surface area contributed by atoms with Crippen LogP contribution in [0.15, 0.2) is 17.6 Å². The lowest BCUT2D eigenvalue weighted by atomic mass is 9.73. The molecule has 0 bridgehead atoms. The van der Waals surface area contributed by atoms with Crippen LogP contribution in [0.4, 0.5) is 0 Å². The molecule has 2 aliphatic rings. The SMILES string of the molecule is CCOC[C@]12CCCO[C@@H]1CCN(S(=O)(=O)c1cn(C)cn1)C2. The van der Waals surface area contributed by atoms with Crippen LogP contribution in [0.2, 0.25) is 0 Å². The summed E-state index contributed by atoms with van der Waals surface area (Å²) in [7, 11) is -1.80. The molecule has 0 saturated carbocycles. The fourth-order valence-electron chi connectivity index (χ4n) is 3.63. The van der Waals surface area contributed by atoms with Crippen molar-refractivity contribution in [2.75, 3.05) is 32.9 Å². The Morgan fingerprint density at radius 1 is 1.52 bits per heavy atom. The fraction of sp³-hybridized carbons (Fsp3) is 0.800. The van der Waals surface area contributed by atoms with E-state index in [0.717, 1.165) is 19.4 Å². The van der Waals surface area contributed by atoms with Crippen LogP contribution in [0, 0.1) is 5.41 Å². The number of aryl methyl sites for hydroxylation is 1. The van der Waals surface area contributed by atoms with Crippen molar-refractivity contribution in [1.82, 2.24) is 13.9 Å². The number of imidazole rings is 1. The predicted molar refractivity (Wildman–Crippen MR) is 84.5 cm³/mol. The summed E-state index contributed by atoms with van der Waals surface area (Å²) in [6, 6.07) is 0. The fourth-order valence-corrected chi connectivity index (χ4v) is 5.14. The van der Waals surface area contributed by atoms with Crippen molar-refractivity contribution in [3.63, 3.8) is 0 Å². The highest BCUT2D eigenvalue weighted by Gasteiger charge is 2.49. The first-order chi connectivity index (χ1) is 11.0. The quantitative estimate of drug-likeness (QED) is 0.798. The first kappa shape index (κ1) is 16.9. The Bertz CT molecular complexity index is 645. The highest BCUT2D eigenvalue weighted by Crippen LogP contribution is 2.41. The molecule has 0 aromatic carbocycles. The lowest BCUT2D eigenvalue weighted by Crippen LogP contribution is -2.58. The Kier molecular flexibility index (Phi) is 4.78. The summed E-state index contributed by atoms with van der Waals surface area (Å²) in [5, 5.41) is 0.113. The third kappa shape index (κ3) is 3.17. The van der Waals surface area contributed by atoms with Crippen LogP contribution in [-0.4, -0.2) is 61.3 Å². The van der Waals surface area contributed by atoms with Gasteiger partial charge in [-0.3, -0.25) is 0 Å². The Labute approximate surface area is 137 Å². The Morgan fingerprint density at radius 3 is 3.04 bits per heavy atom. The van der Waals surface area contributed by atoms with Gasteiger partial charge in [-0.25, -0.2) is 13.4 Å². The summed E-state index contributed by atoms with van der Waals surface area (Å²) >= 11 is 0. The number of hydrogen-bond donors (Lipinski definition) is 0. The maximum absolute atomic E-state index is 12.9. The van der Waals surface area contributed by atoms with E-state index >= 15 is 0 Å². The Hall–Kier alpha value is -0.960. The Morgan fingerprint density at radius 2 is 2.35 bits per heavy atom. The highest BCUT2D eigenvalue weighted by molar-refractivity contribution is 7.89. The monoisotopic (exact) mass is 343 g/mol. The number of nitrogens with zero attached hydrogens (tertiary/aromatic N) is 3. The minimum absolute atomic E-state index is 0.0815. The van der Waals surface area contributed by atoms with Crippen molar-refractivity contribution in [3.8, 4) is 0 Å². The van der Waals surface area contributed by atoms with Crippen molar-refractivity contribution >= 4 is 10.0 Å². The van der Waals surface area contributed by atoms with Crippen LogP contribution in [0.3, 0.4) is 0 Å². The van der Waals surface area contributed by atoms with Crippen LogP contribution in [0.25, 0.3) is 0 Å². The standard InChI is InChI=1S/C15H25N3O4S/c1-3-21-11-15-6-4-8-22-13(15)5-7-18(10-15)23(19,20)14-9-17(2)12-16-14/h9,12-13H,3-8,10-11H2,1-2H3/t13-,15-/m1/s1. The van der Waals surface area contributed by atoms with E-state index in [0.29, 0.717) is 32.7 Å². The summed E-state index contributed by atoms with van der Waals surface area (Å²) in [5.41, 5.74) is -0.242. The van der Waals surface area contributed by atoms with Gasteiger partial charge in [0.05, 0.1) is 19.0 Å². The van der Waals surface area contributed by atoms with Crippen LogP contribution in [0.1, 0.15) is 26.2 Å². The van der Waals surface area contributed by atoms with Gasteiger partial charge in [-0.15, -0.1) is 0 Å². The average molecular weight is 343 g/mol. The minimum atomic E-state index is -3.56. The molecule has 2 aliphatic heterocycles. The van der Waals surface area contributed by atoms with Crippen molar-refractivity contribution < 1.29 is 17.9 Å². The molecule has 1 aromatic heterocycles. The zero-order valence-electron chi connectivity index (χ0n) is 13.8. The predicted octanol–water partition coefficient (Wildman–Crippen LogP) is 1.02. The maximum Gasteiger partial charge on any atom is 0.262 e. The number of rotatable bonds is 5. The molecule has 2 atom stereocenters. The minimum Gasteiger partial charge on any atom is -0.381 e. The summed E-state index contributed by atoms with van der Waals surface area (Å²) in [6.07, 6.45) is 5.73. The zero-order valence-corrected chi connectivity index (χ0v) is 14.6. The highest BCUT2D eigenvalue weighted by atomic mass is 32.2. The molecule has 0 unspecified atom stereocenters. The van der Waals surface area contributed by atoms with E-state index < -0.39 is 10.0 Å². The largest absolute Gasteiger partial charge is 0.381 e. The topological polar surface area (TPSA) is 73.7 Å². The van der Waals surface area contributed by atoms with Gasteiger partial charge in [0.25, 0.3) is 10.0 Å². The summed E-state index contributed by atoms with van der Waals surface area (Å²) in [4.78, 5) is 4.02. The first-order valence-electron chi connectivity index (χ1n) is 8.15. The van der Waals surface area contributed by atoms with Crippen LogP contribution in [-0.2, 0) is 26.5 Å². The molecule has 7 nitrogen and oxygen atoms in total. The van der Waals surface area contributed by atoms with Gasteiger partial charge in [0.1, 0.15) is 0 Å². The second-order valence-electron chi connectivity index (χ2n) is 6.47. The first-order valence-corrected chi connectivity index (χ1v) is 9.59.